The molecule has 0 amide bonds. The molecule has 1 aliphatic rings. The van der Waals surface area contributed by atoms with Gasteiger partial charge >= 0.3 is 5.69 Å². The molecule has 2 rings (SSSR count). The number of nitrogens with one attached hydrogen (secondary N) is 1. The van der Waals surface area contributed by atoms with Crippen molar-refractivity contribution in [1.29, 1.82) is 0 Å². The standard InChI is InChI=1S/C11H11F2N3O5/c12-3-1-2-11(13)8(19)6(5-17)21-9(11)16-10(20)15-7(18)4-14-16/h4,6,8-9,17,19H,3,5H2,(H,15,18,20)/t6?,8-,9+,11?/m0/s1. The van der Waals surface area contributed by atoms with Crippen LogP contribution < -0.4 is 11.2 Å². The highest BCUT2D eigenvalue weighted by Gasteiger charge is 2.58. The lowest BCUT2D eigenvalue weighted by atomic mass is 9.97. The minimum Gasteiger partial charge on any atom is -0.394 e. The van der Waals surface area contributed by atoms with Gasteiger partial charge < -0.3 is 14.9 Å². The molecule has 1 aliphatic heterocycles. The Kier molecular flexibility index (Phi) is 4.17. The number of aliphatic hydroxyl groups excluding tert-OH is 2. The molecule has 4 atom stereocenters. The van der Waals surface area contributed by atoms with Gasteiger partial charge in [0.05, 0.1) is 6.61 Å². The second-order valence-corrected chi connectivity index (χ2v) is 4.24. The van der Waals surface area contributed by atoms with E-state index in [-0.39, 0.29) is 0 Å². The highest BCUT2D eigenvalue weighted by molar-refractivity contribution is 5.23. The minimum absolute atomic E-state index is 0.424. The Balaban J connectivity index is 2.53. The molecule has 1 saturated heterocycles. The van der Waals surface area contributed by atoms with Crippen molar-refractivity contribution in [2.24, 2.45) is 0 Å². The van der Waals surface area contributed by atoms with Gasteiger partial charge in [-0.15, -0.1) is 0 Å². The van der Waals surface area contributed by atoms with Crippen LogP contribution in [0, 0.1) is 11.8 Å². The molecule has 1 aromatic heterocycles. The van der Waals surface area contributed by atoms with Crippen molar-refractivity contribution in [3.63, 3.8) is 0 Å². The molecule has 0 radical (unpaired) electrons. The van der Waals surface area contributed by atoms with E-state index in [9.17, 15) is 23.5 Å². The third kappa shape index (κ3) is 2.58. The fourth-order valence-corrected chi connectivity index (χ4v) is 1.97. The summed E-state index contributed by atoms with van der Waals surface area (Å²) >= 11 is 0. The Labute approximate surface area is 116 Å². The lowest BCUT2D eigenvalue weighted by Gasteiger charge is -2.22. The van der Waals surface area contributed by atoms with Gasteiger partial charge in [-0.3, -0.25) is 9.78 Å². The average molecular weight is 303 g/mol. The molecule has 114 valence electrons. The predicted molar refractivity (Wildman–Crippen MR) is 63.7 cm³/mol. The van der Waals surface area contributed by atoms with Gasteiger partial charge in [0, 0.05) is 0 Å². The number of alkyl halides is 2. The maximum Gasteiger partial charge on any atom is 0.347 e. The highest BCUT2D eigenvalue weighted by Crippen LogP contribution is 2.40. The summed E-state index contributed by atoms with van der Waals surface area (Å²) in [5.41, 5.74) is -4.77. The molecule has 21 heavy (non-hydrogen) atoms. The Bertz CT molecular complexity index is 693. The van der Waals surface area contributed by atoms with Gasteiger partial charge in [-0.1, -0.05) is 11.8 Å². The van der Waals surface area contributed by atoms with Crippen molar-refractivity contribution in [2.45, 2.75) is 24.1 Å². The van der Waals surface area contributed by atoms with E-state index in [1.807, 2.05) is 16.8 Å². The van der Waals surface area contributed by atoms with Crippen LogP contribution in [0.5, 0.6) is 0 Å². The number of aromatic amines is 1. The molecule has 0 saturated carbocycles. The average Bonchev–Trinajstić information content (AvgIpc) is 2.70. The van der Waals surface area contributed by atoms with Crippen molar-refractivity contribution in [3.05, 3.63) is 27.0 Å². The smallest absolute Gasteiger partial charge is 0.347 e. The lowest BCUT2D eigenvalue weighted by molar-refractivity contribution is -0.0611. The Morgan fingerprint density at radius 3 is 2.86 bits per heavy atom. The highest BCUT2D eigenvalue weighted by atomic mass is 19.1. The van der Waals surface area contributed by atoms with Crippen LogP contribution in [0.2, 0.25) is 0 Å². The van der Waals surface area contributed by atoms with E-state index in [0.717, 1.165) is 0 Å². The second-order valence-electron chi connectivity index (χ2n) is 4.24. The maximum atomic E-state index is 14.8. The number of nitrogens with zero attached hydrogens (tertiary/aromatic N) is 2. The van der Waals surface area contributed by atoms with Crippen LogP contribution in [0.3, 0.4) is 0 Å². The zero-order chi connectivity index (χ0) is 15.6. The number of aromatic nitrogens is 3. The molecule has 2 unspecified atom stereocenters. The Morgan fingerprint density at radius 2 is 2.29 bits per heavy atom. The number of halogens is 2. The summed E-state index contributed by atoms with van der Waals surface area (Å²) < 4.78 is 32.4. The third-order valence-electron chi connectivity index (χ3n) is 2.93. The first-order valence-corrected chi connectivity index (χ1v) is 5.81. The maximum absolute atomic E-state index is 14.8. The molecule has 8 nitrogen and oxygen atoms in total. The third-order valence-corrected chi connectivity index (χ3v) is 2.93. The van der Waals surface area contributed by atoms with Crippen molar-refractivity contribution in [1.82, 2.24) is 14.8 Å². The minimum atomic E-state index is -2.87. The summed E-state index contributed by atoms with van der Waals surface area (Å²) in [6, 6.07) is 0. The van der Waals surface area contributed by atoms with E-state index in [2.05, 4.69) is 5.10 Å². The quantitative estimate of drug-likeness (QED) is 0.537. The molecule has 1 fully saturated rings. The van der Waals surface area contributed by atoms with Gasteiger partial charge in [0.25, 0.3) is 5.56 Å². The molecule has 3 N–H and O–H groups in total. The first-order chi connectivity index (χ1) is 9.93. The van der Waals surface area contributed by atoms with Gasteiger partial charge in [0.1, 0.15) is 25.1 Å². The Hall–Kier alpha value is -2.09. The molecule has 2 heterocycles. The van der Waals surface area contributed by atoms with Crippen LogP contribution in [0.25, 0.3) is 0 Å². The first-order valence-electron chi connectivity index (χ1n) is 5.81. The van der Waals surface area contributed by atoms with E-state index in [4.69, 9.17) is 9.84 Å². The fourth-order valence-electron chi connectivity index (χ4n) is 1.97. The number of rotatable bonds is 2. The van der Waals surface area contributed by atoms with Crippen LogP contribution in [-0.4, -0.2) is 56.1 Å². The number of aliphatic hydroxyl groups is 2. The van der Waals surface area contributed by atoms with Crippen molar-refractivity contribution < 1.29 is 23.7 Å². The summed E-state index contributed by atoms with van der Waals surface area (Å²) in [6.45, 7) is -1.93. The van der Waals surface area contributed by atoms with E-state index >= 15 is 0 Å². The van der Waals surface area contributed by atoms with Gasteiger partial charge in [-0.2, -0.15) is 9.78 Å². The van der Waals surface area contributed by atoms with Crippen molar-refractivity contribution >= 4 is 0 Å². The second kappa shape index (κ2) is 5.72. The molecule has 0 bridgehead atoms. The van der Waals surface area contributed by atoms with Gasteiger partial charge in [-0.05, 0) is 0 Å². The van der Waals surface area contributed by atoms with Gasteiger partial charge in [0.2, 0.25) is 11.9 Å². The van der Waals surface area contributed by atoms with Crippen LogP contribution in [0.1, 0.15) is 6.23 Å². The zero-order valence-corrected chi connectivity index (χ0v) is 10.5. The SMILES string of the molecule is O=c1cnn([C@@H]2OC(CO)[C@H](O)C2(F)C#CCF)c(=O)[nH]1. The Morgan fingerprint density at radius 1 is 1.57 bits per heavy atom. The summed E-state index contributed by atoms with van der Waals surface area (Å²) in [4.78, 5) is 24.4. The van der Waals surface area contributed by atoms with Gasteiger partial charge in [0.15, 0.2) is 0 Å². The number of ether oxygens (including phenoxy) is 1. The van der Waals surface area contributed by atoms with Crippen LogP contribution in [0.4, 0.5) is 8.78 Å². The molecular weight excluding hydrogens is 292 g/mol. The molecule has 0 aromatic carbocycles. The van der Waals surface area contributed by atoms with E-state index in [1.54, 1.807) is 0 Å². The number of H-pyrrole nitrogens is 1. The molecule has 0 aliphatic carbocycles. The monoisotopic (exact) mass is 303 g/mol. The normalized spacial score (nSPS) is 31.7. The van der Waals surface area contributed by atoms with Crippen LogP contribution in [-0.2, 0) is 4.74 Å². The first kappa shape index (κ1) is 15.3. The predicted octanol–water partition coefficient (Wildman–Crippen LogP) is -2.14. The molecule has 1 aromatic rings. The van der Waals surface area contributed by atoms with Gasteiger partial charge in [-0.25, -0.2) is 13.6 Å². The van der Waals surface area contributed by atoms with Crippen LogP contribution >= 0.6 is 0 Å². The summed E-state index contributed by atoms with van der Waals surface area (Å²) in [6.07, 6.45) is -4.44. The molecule has 0 spiro atoms. The topological polar surface area (TPSA) is 117 Å². The van der Waals surface area contributed by atoms with Crippen molar-refractivity contribution in [3.8, 4) is 11.8 Å². The number of hydrogen-bond acceptors (Lipinski definition) is 6. The lowest BCUT2D eigenvalue weighted by Crippen LogP contribution is -2.46. The number of hydrogen-bond donors (Lipinski definition) is 3. The molecule has 10 heteroatoms. The largest absolute Gasteiger partial charge is 0.394 e. The van der Waals surface area contributed by atoms with E-state index in [1.165, 1.54) is 0 Å². The van der Waals surface area contributed by atoms with E-state index in [0.29, 0.717) is 10.9 Å². The summed E-state index contributed by atoms with van der Waals surface area (Å²) in [5, 5.41) is 22.3. The van der Waals surface area contributed by atoms with Crippen LogP contribution in [0.15, 0.2) is 15.8 Å². The zero-order valence-electron chi connectivity index (χ0n) is 10.5. The fraction of sp³-hybridized carbons (Fsp3) is 0.545. The van der Waals surface area contributed by atoms with E-state index < -0.39 is 48.6 Å². The summed E-state index contributed by atoms with van der Waals surface area (Å²) in [5.74, 6) is 3.65. The van der Waals surface area contributed by atoms with Crippen molar-refractivity contribution in [2.75, 3.05) is 13.3 Å². The molecular formula is C11H11F2N3O5. The summed E-state index contributed by atoms with van der Waals surface area (Å²) in [7, 11) is 0.